The molecule has 1 amide bonds. The molecule has 4 rings (SSSR count). The fourth-order valence-corrected chi connectivity index (χ4v) is 3.44. The van der Waals surface area contributed by atoms with Crippen LogP contribution in [0.15, 0.2) is 48.5 Å². The number of carbonyl (C=O) groups excluding carboxylic acids is 1. The third kappa shape index (κ3) is 2.56. The molecule has 1 fully saturated rings. The normalized spacial score (nSPS) is 17.8. The summed E-state index contributed by atoms with van der Waals surface area (Å²) >= 11 is 0. The van der Waals surface area contributed by atoms with Crippen molar-refractivity contribution in [3.05, 3.63) is 65.7 Å². The SMILES string of the molecule is Cn1c([C@H]2CC(=O)N(Cc3ccc(F)cc3)C2)nc2ccccc21. The number of hydrogen-bond donors (Lipinski definition) is 0. The van der Waals surface area contributed by atoms with Crippen molar-refractivity contribution in [3.63, 3.8) is 0 Å². The van der Waals surface area contributed by atoms with E-state index in [0.29, 0.717) is 19.5 Å². The Morgan fingerprint density at radius 3 is 2.67 bits per heavy atom. The number of amides is 1. The van der Waals surface area contributed by atoms with E-state index in [1.807, 2.05) is 36.2 Å². The summed E-state index contributed by atoms with van der Waals surface area (Å²) in [5.41, 5.74) is 2.98. The van der Waals surface area contributed by atoms with Crippen molar-refractivity contribution < 1.29 is 9.18 Å². The second kappa shape index (κ2) is 5.74. The van der Waals surface area contributed by atoms with E-state index in [-0.39, 0.29) is 17.6 Å². The van der Waals surface area contributed by atoms with Gasteiger partial charge in [-0.3, -0.25) is 4.79 Å². The van der Waals surface area contributed by atoms with Gasteiger partial charge < -0.3 is 9.47 Å². The minimum Gasteiger partial charge on any atom is -0.338 e. The highest BCUT2D eigenvalue weighted by Gasteiger charge is 2.33. The number of likely N-dealkylation sites (tertiary alicyclic amines) is 1. The molecule has 0 bridgehead atoms. The van der Waals surface area contributed by atoms with Crippen molar-refractivity contribution in [2.45, 2.75) is 18.9 Å². The molecule has 2 heterocycles. The molecule has 4 nitrogen and oxygen atoms in total. The minimum atomic E-state index is -0.260. The van der Waals surface area contributed by atoms with Crippen LogP contribution in [-0.2, 0) is 18.4 Å². The number of hydrogen-bond acceptors (Lipinski definition) is 2. The highest BCUT2D eigenvalue weighted by atomic mass is 19.1. The van der Waals surface area contributed by atoms with Crippen LogP contribution in [0.4, 0.5) is 4.39 Å². The van der Waals surface area contributed by atoms with Crippen LogP contribution in [0.1, 0.15) is 23.7 Å². The Bertz CT molecular complexity index is 901. The van der Waals surface area contributed by atoms with Crippen molar-refractivity contribution in [2.75, 3.05) is 6.54 Å². The molecule has 2 aromatic carbocycles. The number of carbonyl (C=O) groups is 1. The van der Waals surface area contributed by atoms with E-state index in [2.05, 4.69) is 4.57 Å². The first kappa shape index (κ1) is 14.9. The van der Waals surface area contributed by atoms with Crippen molar-refractivity contribution in [3.8, 4) is 0 Å². The molecule has 1 aromatic heterocycles. The lowest BCUT2D eigenvalue weighted by atomic mass is 10.1. The van der Waals surface area contributed by atoms with E-state index in [0.717, 1.165) is 22.4 Å². The predicted molar refractivity (Wildman–Crippen MR) is 89.9 cm³/mol. The van der Waals surface area contributed by atoms with Crippen LogP contribution >= 0.6 is 0 Å². The maximum Gasteiger partial charge on any atom is 0.223 e. The summed E-state index contributed by atoms with van der Waals surface area (Å²) in [5.74, 6) is 0.905. The summed E-state index contributed by atoms with van der Waals surface area (Å²) in [6.07, 6.45) is 0.471. The lowest BCUT2D eigenvalue weighted by Crippen LogP contribution is -2.24. The summed E-state index contributed by atoms with van der Waals surface area (Å²) in [6, 6.07) is 14.3. The molecule has 1 aliphatic rings. The number of imidazole rings is 1. The van der Waals surface area contributed by atoms with E-state index in [9.17, 15) is 9.18 Å². The number of benzene rings is 2. The molecule has 1 aliphatic heterocycles. The van der Waals surface area contributed by atoms with Crippen LogP contribution < -0.4 is 0 Å². The van der Waals surface area contributed by atoms with E-state index in [1.54, 1.807) is 12.1 Å². The number of aromatic nitrogens is 2. The van der Waals surface area contributed by atoms with Crippen LogP contribution in [0, 0.1) is 5.82 Å². The van der Waals surface area contributed by atoms with Crippen LogP contribution in [0.2, 0.25) is 0 Å². The molecule has 0 N–H and O–H groups in total. The van der Waals surface area contributed by atoms with Crippen LogP contribution in [0.25, 0.3) is 11.0 Å². The zero-order valence-corrected chi connectivity index (χ0v) is 13.4. The van der Waals surface area contributed by atoms with Crippen LogP contribution in [-0.4, -0.2) is 26.9 Å². The second-order valence-electron chi connectivity index (χ2n) is 6.32. The molecule has 3 aromatic rings. The molecule has 0 aliphatic carbocycles. The maximum absolute atomic E-state index is 13.0. The molecule has 0 spiro atoms. The molecule has 0 saturated carbocycles. The first-order valence-electron chi connectivity index (χ1n) is 8.05. The maximum atomic E-state index is 13.0. The van der Waals surface area contributed by atoms with E-state index in [4.69, 9.17) is 4.98 Å². The van der Waals surface area contributed by atoms with E-state index >= 15 is 0 Å². The highest BCUT2D eigenvalue weighted by Crippen LogP contribution is 2.30. The number of halogens is 1. The molecular formula is C19H18FN3O. The molecule has 0 radical (unpaired) electrons. The third-order valence-electron chi connectivity index (χ3n) is 4.69. The number of para-hydroxylation sites is 2. The summed E-state index contributed by atoms with van der Waals surface area (Å²) in [6.45, 7) is 1.16. The Balaban J connectivity index is 1.56. The van der Waals surface area contributed by atoms with Crippen LogP contribution in [0.5, 0.6) is 0 Å². The molecule has 1 atom stereocenters. The smallest absolute Gasteiger partial charge is 0.223 e. The summed E-state index contributed by atoms with van der Waals surface area (Å²) < 4.78 is 15.1. The Morgan fingerprint density at radius 2 is 1.92 bits per heavy atom. The van der Waals surface area contributed by atoms with Gasteiger partial charge in [-0.05, 0) is 29.8 Å². The van der Waals surface area contributed by atoms with Crippen molar-refractivity contribution >= 4 is 16.9 Å². The van der Waals surface area contributed by atoms with Gasteiger partial charge in [-0.1, -0.05) is 24.3 Å². The average molecular weight is 323 g/mol. The van der Waals surface area contributed by atoms with Crippen molar-refractivity contribution in [2.24, 2.45) is 7.05 Å². The largest absolute Gasteiger partial charge is 0.338 e. The van der Waals surface area contributed by atoms with Gasteiger partial charge in [0.2, 0.25) is 5.91 Å². The Labute approximate surface area is 139 Å². The minimum absolute atomic E-state index is 0.0929. The van der Waals surface area contributed by atoms with Gasteiger partial charge in [0.05, 0.1) is 11.0 Å². The Morgan fingerprint density at radius 1 is 1.17 bits per heavy atom. The Hall–Kier alpha value is -2.69. The first-order chi connectivity index (χ1) is 11.6. The van der Waals surface area contributed by atoms with Crippen LogP contribution in [0.3, 0.4) is 0 Å². The second-order valence-corrected chi connectivity index (χ2v) is 6.32. The monoisotopic (exact) mass is 323 g/mol. The zero-order valence-electron chi connectivity index (χ0n) is 13.4. The van der Waals surface area contributed by atoms with E-state index in [1.165, 1.54) is 12.1 Å². The summed E-state index contributed by atoms with van der Waals surface area (Å²) in [7, 11) is 2.00. The lowest BCUT2D eigenvalue weighted by Gasteiger charge is -2.16. The quantitative estimate of drug-likeness (QED) is 0.742. The molecule has 24 heavy (non-hydrogen) atoms. The van der Waals surface area contributed by atoms with Crippen molar-refractivity contribution in [1.82, 2.24) is 14.5 Å². The standard InChI is InChI=1S/C19H18FN3O/c1-22-17-5-3-2-4-16(17)21-19(22)14-10-18(24)23(12-14)11-13-6-8-15(20)9-7-13/h2-9,14H,10-12H2,1H3/t14-/m0/s1. The van der Waals surface area contributed by atoms with Gasteiger partial charge in [0.1, 0.15) is 11.6 Å². The Kier molecular flexibility index (Phi) is 3.56. The molecule has 1 saturated heterocycles. The number of aryl methyl sites for hydroxylation is 1. The fourth-order valence-electron chi connectivity index (χ4n) is 3.44. The molecule has 0 unspecified atom stereocenters. The van der Waals surface area contributed by atoms with Gasteiger partial charge in [0.25, 0.3) is 0 Å². The van der Waals surface area contributed by atoms with Gasteiger partial charge in [-0.15, -0.1) is 0 Å². The average Bonchev–Trinajstić information content (AvgIpc) is 3.11. The zero-order chi connectivity index (χ0) is 16.7. The molecular weight excluding hydrogens is 305 g/mol. The number of nitrogens with zero attached hydrogens (tertiary/aromatic N) is 3. The third-order valence-corrected chi connectivity index (χ3v) is 4.69. The number of rotatable bonds is 3. The molecule has 5 heteroatoms. The van der Waals surface area contributed by atoms with Crippen molar-refractivity contribution in [1.29, 1.82) is 0 Å². The highest BCUT2D eigenvalue weighted by molar-refractivity contribution is 5.80. The first-order valence-corrected chi connectivity index (χ1v) is 8.05. The molecule has 122 valence electrons. The van der Waals surface area contributed by atoms with Gasteiger partial charge >= 0.3 is 0 Å². The van der Waals surface area contributed by atoms with Gasteiger partial charge in [0, 0.05) is 32.5 Å². The topological polar surface area (TPSA) is 38.1 Å². The lowest BCUT2D eigenvalue weighted by molar-refractivity contribution is -0.128. The fraction of sp³-hybridized carbons (Fsp3) is 0.263. The van der Waals surface area contributed by atoms with Gasteiger partial charge in [-0.2, -0.15) is 0 Å². The van der Waals surface area contributed by atoms with Gasteiger partial charge in [-0.25, -0.2) is 9.37 Å². The summed E-state index contributed by atoms with van der Waals surface area (Å²) in [5, 5.41) is 0. The summed E-state index contributed by atoms with van der Waals surface area (Å²) in [4.78, 5) is 18.9. The predicted octanol–water partition coefficient (Wildman–Crippen LogP) is 3.23. The van der Waals surface area contributed by atoms with Gasteiger partial charge in [0.15, 0.2) is 0 Å². The van der Waals surface area contributed by atoms with E-state index < -0.39 is 0 Å². The number of fused-ring (bicyclic) bond motifs is 1.